The first-order chi connectivity index (χ1) is 9.54. The quantitative estimate of drug-likeness (QED) is 0.671. The summed E-state index contributed by atoms with van der Waals surface area (Å²) < 4.78 is 27.5. The lowest BCUT2D eigenvalue weighted by atomic mass is 10.2. The molecule has 0 aliphatic heterocycles. The molecule has 7 heteroatoms. The first kappa shape index (κ1) is 14.0. The van der Waals surface area contributed by atoms with Crippen molar-refractivity contribution >= 4 is 10.0 Å². The minimum absolute atomic E-state index is 0.0277. The topological polar surface area (TPSA) is 86.9 Å². The Labute approximate surface area is 119 Å². The number of nitrogens with zero attached hydrogens (tertiary/aromatic N) is 1. The second-order valence-electron chi connectivity index (χ2n) is 6.08. The molecule has 2 saturated carbocycles. The fourth-order valence-electron chi connectivity index (χ4n) is 2.43. The van der Waals surface area contributed by atoms with E-state index in [0.29, 0.717) is 24.1 Å². The van der Waals surface area contributed by atoms with Crippen LogP contribution in [-0.2, 0) is 16.6 Å². The zero-order valence-electron chi connectivity index (χ0n) is 11.7. The summed E-state index contributed by atoms with van der Waals surface area (Å²) in [5, 5.41) is 10.0. The maximum Gasteiger partial charge on any atom is 0.258 e. The van der Waals surface area contributed by atoms with Gasteiger partial charge < -0.3 is 5.32 Å². The predicted octanol–water partition coefficient (Wildman–Crippen LogP) is 1.13. The highest BCUT2D eigenvalue weighted by Crippen LogP contribution is 2.33. The van der Waals surface area contributed by atoms with Crippen LogP contribution in [0.1, 0.15) is 44.6 Å². The van der Waals surface area contributed by atoms with Gasteiger partial charge in [-0.2, -0.15) is 5.10 Å². The van der Waals surface area contributed by atoms with Crippen LogP contribution in [0.5, 0.6) is 0 Å². The molecule has 112 valence electrons. The van der Waals surface area contributed by atoms with Gasteiger partial charge in [-0.25, -0.2) is 13.1 Å². The minimum atomic E-state index is -3.50. The molecule has 1 unspecified atom stereocenters. The Kier molecular flexibility index (Phi) is 3.83. The molecular formula is C13H22N4O2S. The van der Waals surface area contributed by atoms with Crippen molar-refractivity contribution in [3.05, 3.63) is 11.8 Å². The minimum Gasteiger partial charge on any atom is -0.310 e. The van der Waals surface area contributed by atoms with Crippen molar-refractivity contribution in [2.45, 2.75) is 62.7 Å². The largest absolute Gasteiger partial charge is 0.310 e. The van der Waals surface area contributed by atoms with E-state index >= 15 is 0 Å². The van der Waals surface area contributed by atoms with E-state index in [1.54, 1.807) is 6.20 Å². The molecule has 3 N–H and O–H groups in total. The molecule has 0 amide bonds. The summed E-state index contributed by atoms with van der Waals surface area (Å²) in [6.07, 6.45) is 7.32. The summed E-state index contributed by atoms with van der Waals surface area (Å²) in [7, 11) is -3.50. The third-order valence-electron chi connectivity index (χ3n) is 3.85. The number of aromatic amines is 1. The number of H-pyrrole nitrogens is 1. The standard InChI is InChI=1S/C13H22N4O2S/c1-9(6-10-2-3-10)17-20(18,19)13-11(8-15-16-13)7-14-12-4-5-12/h8-10,12,14,17H,2-7H2,1H3,(H,15,16). The van der Waals surface area contributed by atoms with Gasteiger partial charge >= 0.3 is 0 Å². The Hall–Kier alpha value is -0.920. The van der Waals surface area contributed by atoms with Gasteiger partial charge in [-0.3, -0.25) is 5.10 Å². The monoisotopic (exact) mass is 298 g/mol. The molecule has 2 aliphatic rings. The zero-order chi connectivity index (χ0) is 14.2. The van der Waals surface area contributed by atoms with Gasteiger partial charge in [0, 0.05) is 24.2 Å². The summed E-state index contributed by atoms with van der Waals surface area (Å²) >= 11 is 0. The van der Waals surface area contributed by atoms with Crippen molar-refractivity contribution in [3.8, 4) is 0 Å². The van der Waals surface area contributed by atoms with Crippen LogP contribution < -0.4 is 10.0 Å². The fourth-order valence-corrected chi connectivity index (χ4v) is 3.81. The van der Waals surface area contributed by atoms with Crippen molar-refractivity contribution < 1.29 is 8.42 Å². The molecule has 1 aromatic heterocycles. The molecule has 20 heavy (non-hydrogen) atoms. The van der Waals surface area contributed by atoms with Crippen LogP contribution in [0.3, 0.4) is 0 Å². The van der Waals surface area contributed by atoms with Crippen molar-refractivity contribution in [1.82, 2.24) is 20.2 Å². The highest BCUT2D eigenvalue weighted by atomic mass is 32.2. The second-order valence-corrected chi connectivity index (χ2v) is 7.73. The molecule has 0 aromatic carbocycles. The van der Waals surface area contributed by atoms with Gasteiger partial charge in [-0.15, -0.1) is 0 Å². The van der Waals surface area contributed by atoms with E-state index in [1.807, 2.05) is 6.92 Å². The SMILES string of the molecule is CC(CC1CC1)NS(=O)(=O)c1[nH]ncc1CNC1CC1. The molecule has 1 aromatic rings. The van der Waals surface area contributed by atoms with E-state index in [2.05, 4.69) is 20.2 Å². The molecule has 6 nitrogen and oxygen atoms in total. The molecule has 2 fully saturated rings. The number of aromatic nitrogens is 2. The smallest absolute Gasteiger partial charge is 0.258 e. The number of nitrogens with one attached hydrogen (secondary N) is 3. The summed E-state index contributed by atoms with van der Waals surface area (Å²) in [6.45, 7) is 2.47. The predicted molar refractivity (Wildman–Crippen MR) is 75.6 cm³/mol. The van der Waals surface area contributed by atoms with Gasteiger partial charge in [0.1, 0.15) is 0 Å². The summed E-state index contributed by atoms with van der Waals surface area (Å²) in [6, 6.07) is 0.516. The number of hydrogen-bond donors (Lipinski definition) is 3. The van der Waals surface area contributed by atoms with Gasteiger partial charge in [0.2, 0.25) is 0 Å². The Morgan fingerprint density at radius 3 is 2.80 bits per heavy atom. The number of hydrogen-bond acceptors (Lipinski definition) is 4. The maximum absolute atomic E-state index is 12.4. The van der Waals surface area contributed by atoms with E-state index in [4.69, 9.17) is 0 Å². The fraction of sp³-hybridized carbons (Fsp3) is 0.769. The van der Waals surface area contributed by atoms with Crippen LogP contribution >= 0.6 is 0 Å². The van der Waals surface area contributed by atoms with Gasteiger partial charge in [-0.1, -0.05) is 12.8 Å². The first-order valence-electron chi connectivity index (χ1n) is 7.32. The lowest BCUT2D eigenvalue weighted by Gasteiger charge is -2.13. The third-order valence-corrected chi connectivity index (χ3v) is 5.45. The van der Waals surface area contributed by atoms with Gasteiger partial charge in [0.05, 0.1) is 6.20 Å². The van der Waals surface area contributed by atoms with Crippen molar-refractivity contribution in [1.29, 1.82) is 0 Å². The molecule has 0 spiro atoms. The molecule has 3 rings (SSSR count). The van der Waals surface area contributed by atoms with E-state index < -0.39 is 10.0 Å². The zero-order valence-corrected chi connectivity index (χ0v) is 12.5. The maximum atomic E-state index is 12.4. The van der Waals surface area contributed by atoms with E-state index in [-0.39, 0.29) is 11.1 Å². The van der Waals surface area contributed by atoms with Gasteiger partial charge in [-0.05, 0) is 32.1 Å². The Morgan fingerprint density at radius 1 is 1.40 bits per heavy atom. The van der Waals surface area contributed by atoms with E-state index in [9.17, 15) is 8.42 Å². The van der Waals surface area contributed by atoms with E-state index in [0.717, 1.165) is 6.42 Å². The Bertz CT molecular complexity index is 561. The van der Waals surface area contributed by atoms with E-state index in [1.165, 1.54) is 25.7 Å². The van der Waals surface area contributed by atoms with Crippen LogP contribution in [0.15, 0.2) is 11.2 Å². The first-order valence-corrected chi connectivity index (χ1v) is 8.81. The molecule has 0 saturated heterocycles. The average molecular weight is 298 g/mol. The Balaban J connectivity index is 1.64. The molecule has 0 radical (unpaired) electrons. The summed E-state index contributed by atoms with van der Waals surface area (Å²) in [5.74, 6) is 0.700. The van der Waals surface area contributed by atoms with Crippen LogP contribution in [0, 0.1) is 5.92 Å². The van der Waals surface area contributed by atoms with Crippen LogP contribution in [0.2, 0.25) is 0 Å². The third kappa shape index (κ3) is 3.59. The summed E-state index contributed by atoms with van der Waals surface area (Å²) in [4.78, 5) is 0. The van der Waals surface area contributed by atoms with Crippen molar-refractivity contribution in [2.24, 2.45) is 5.92 Å². The summed E-state index contributed by atoms with van der Waals surface area (Å²) in [5.41, 5.74) is 0.711. The Morgan fingerprint density at radius 2 is 2.15 bits per heavy atom. The van der Waals surface area contributed by atoms with Gasteiger partial charge in [0.15, 0.2) is 5.03 Å². The van der Waals surface area contributed by atoms with Gasteiger partial charge in [0.25, 0.3) is 10.0 Å². The lowest BCUT2D eigenvalue weighted by molar-refractivity contribution is 0.525. The van der Waals surface area contributed by atoms with Crippen LogP contribution in [0.4, 0.5) is 0 Å². The highest BCUT2D eigenvalue weighted by molar-refractivity contribution is 7.89. The lowest BCUT2D eigenvalue weighted by Crippen LogP contribution is -2.34. The van der Waals surface area contributed by atoms with Crippen molar-refractivity contribution in [3.63, 3.8) is 0 Å². The average Bonchev–Trinajstić information content (AvgIpc) is 3.28. The second kappa shape index (κ2) is 5.46. The molecular weight excluding hydrogens is 276 g/mol. The molecule has 1 atom stereocenters. The number of rotatable bonds is 8. The highest BCUT2D eigenvalue weighted by Gasteiger charge is 2.28. The number of sulfonamides is 1. The molecule has 0 bridgehead atoms. The van der Waals surface area contributed by atoms with Crippen molar-refractivity contribution in [2.75, 3.05) is 0 Å². The normalized spacial score (nSPS) is 21.1. The molecule has 2 aliphatic carbocycles. The van der Waals surface area contributed by atoms with Crippen LogP contribution in [0.25, 0.3) is 0 Å². The van der Waals surface area contributed by atoms with Crippen LogP contribution in [-0.4, -0.2) is 30.7 Å². The molecule has 1 heterocycles.